The fourth-order valence-corrected chi connectivity index (χ4v) is 2.46. The van der Waals surface area contributed by atoms with E-state index in [-0.39, 0.29) is 6.42 Å². The Morgan fingerprint density at radius 3 is 2.45 bits per heavy atom. The van der Waals surface area contributed by atoms with Crippen LogP contribution in [0.5, 0.6) is 0 Å². The standard InChI is InChI=1S/C14H23NO5/c1-13(2,3)20-12(18)15-9-6-5-7-14(15,8-10-16)11(17)19-4/h10H,5-9H2,1-4H3. The number of rotatable bonds is 3. The molecule has 1 rings (SSSR count). The molecule has 114 valence electrons. The van der Waals surface area contributed by atoms with Crippen molar-refractivity contribution in [3.05, 3.63) is 0 Å². The first-order valence-corrected chi connectivity index (χ1v) is 6.79. The zero-order valence-electron chi connectivity index (χ0n) is 12.6. The SMILES string of the molecule is COC(=O)C1(CC=O)CCCCN1C(=O)OC(C)(C)C. The summed E-state index contributed by atoms with van der Waals surface area (Å²) in [6.07, 6.45) is 1.96. The molecule has 0 aliphatic carbocycles. The van der Waals surface area contributed by atoms with E-state index in [0.717, 1.165) is 12.8 Å². The topological polar surface area (TPSA) is 72.9 Å². The number of amides is 1. The van der Waals surface area contributed by atoms with Crippen molar-refractivity contribution in [3.8, 4) is 0 Å². The molecule has 0 radical (unpaired) electrons. The van der Waals surface area contributed by atoms with Gasteiger partial charge in [-0.3, -0.25) is 4.90 Å². The van der Waals surface area contributed by atoms with Crippen LogP contribution in [0.3, 0.4) is 0 Å². The number of methoxy groups -OCH3 is 1. The van der Waals surface area contributed by atoms with E-state index in [2.05, 4.69) is 0 Å². The van der Waals surface area contributed by atoms with Crippen LogP contribution in [0.15, 0.2) is 0 Å². The molecule has 20 heavy (non-hydrogen) atoms. The third-order valence-electron chi connectivity index (χ3n) is 3.34. The molecule has 6 heteroatoms. The molecule has 1 amide bonds. The number of aldehydes is 1. The van der Waals surface area contributed by atoms with Crippen molar-refractivity contribution >= 4 is 18.3 Å². The first-order valence-electron chi connectivity index (χ1n) is 6.79. The van der Waals surface area contributed by atoms with Crippen LogP contribution < -0.4 is 0 Å². The summed E-state index contributed by atoms with van der Waals surface area (Å²) in [7, 11) is 1.26. The van der Waals surface area contributed by atoms with Gasteiger partial charge in [0.1, 0.15) is 17.4 Å². The lowest BCUT2D eigenvalue weighted by atomic mass is 9.84. The number of esters is 1. The van der Waals surface area contributed by atoms with Crippen molar-refractivity contribution in [3.63, 3.8) is 0 Å². The van der Waals surface area contributed by atoms with Crippen LogP contribution in [-0.2, 0) is 19.1 Å². The van der Waals surface area contributed by atoms with Gasteiger partial charge in [-0.1, -0.05) is 0 Å². The van der Waals surface area contributed by atoms with E-state index < -0.39 is 23.2 Å². The summed E-state index contributed by atoms with van der Waals surface area (Å²) < 4.78 is 10.1. The minimum atomic E-state index is -1.23. The van der Waals surface area contributed by atoms with E-state index in [1.165, 1.54) is 12.0 Å². The Morgan fingerprint density at radius 2 is 1.95 bits per heavy atom. The second-order valence-electron chi connectivity index (χ2n) is 5.98. The minimum Gasteiger partial charge on any atom is -0.467 e. The van der Waals surface area contributed by atoms with Crippen LogP contribution >= 0.6 is 0 Å². The van der Waals surface area contributed by atoms with Gasteiger partial charge in [-0.25, -0.2) is 9.59 Å². The Labute approximate surface area is 119 Å². The summed E-state index contributed by atoms with van der Waals surface area (Å²) in [5.41, 5.74) is -1.88. The molecular weight excluding hydrogens is 262 g/mol. The fourth-order valence-electron chi connectivity index (χ4n) is 2.46. The first kappa shape index (κ1) is 16.5. The highest BCUT2D eigenvalue weighted by atomic mass is 16.6. The van der Waals surface area contributed by atoms with Crippen LogP contribution in [0.25, 0.3) is 0 Å². The van der Waals surface area contributed by atoms with Gasteiger partial charge in [-0.15, -0.1) is 0 Å². The summed E-state index contributed by atoms with van der Waals surface area (Å²) in [5, 5.41) is 0. The van der Waals surface area contributed by atoms with Crippen LogP contribution in [0.2, 0.25) is 0 Å². The van der Waals surface area contributed by atoms with Crippen molar-refractivity contribution in [1.29, 1.82) is 0 Å². The smallest absolute Gasteiger partial charge is 0.411 e. The molecule has 1 fully saturated rings. The Hall–Kier alpha value is -1.59. The molecule has 1 aliphatic rings. The molecular formula is C14H23NO5. The maximum absolute atomic E-state index is 12.3. The van der Waals surface area contributed by atoms with Gasteiger partial charge in [0, 0.05) is 13.0 Å². The van der Waals surface area contributed by atoms with Gasteiger partial charge in [0.2, 0.25) is 0 Å². The number of hydrogen-bond donors (Lipinski definition) is 0. The molecule has 1 heterocycles. The number of likely N-dealkylation sites (tertiary alicyclic amines) is 1. The molecule has 0 aromatic carbocycles. The summed E-state index contributed by atoms with van der Waals surface area (Å²) in [6, 6.07) is 0. The predicted octanol–water partition coefficient (Wildman–Crippen LogP) is 1.91. The summed E-state index contributed by atoms with van der Waals surface area (Å²) in [5.74, 6) is -0.560. The Kier molecular flexibility index (Phi) is 5.14. The number of ether oxygens (including phenoxy) is 2. The molecule has 0 bridgehead atoms. The third kappa shape index (κ3) is 3.49. The molecule has 1 atom stereocenters. The number of carbonyl (C=O) groups excluding carboxylic acids is 3. The maximum Gasteiger partial charge on any atom is 0.411 e. The van der Waals surface area contributed by atoms with Gasteiger partial charge in [-0.2, -0.15) is 0 Å². The fraction of sp³-hybridized carbons (Fsp3) is 0.786. The highest BCUT2D eigenvalue weighted by molar-refractivity contribution is 5.88. The highest BCUT2D eigenvalue weighted by Crippen LogP contribution is 2.33. The van der Waals surface area contributed by atoms with Crippen molar-refractivity contribution in [2.24, 2.45) is 0 Å². The van der Waals surface area contributed by atoms with Crippen molar-refractivity contribution in [1.82, 2.24) is 4.90 Å². The Balaban J connectivity index is 3.07. The molecule has 0 N–H and O–H groups in total. The first-order chi connectivity index (χ1) is 9.27. The van der Waals surface area contributed by atoms with E-state index in [1.807, 2.05) is 0 Å². The van der Waals surface area contributed by atoms with E-state index >= 15 is 0 Å². The average molecular weight is 285 g/mol. The van der Waals surface area contributed by atoms with Crippen LogP contribution in [0.1, 0.15) is 46.5 Å². The lowest BCUT2D eigenvalue weighted by Gasteiger charge is -2.43. The quantitative estimate of drug-likeness (QED) is 0.585. The van der Waals surface area contributed by atoms with Gasteiger partial charge in [-0.05, 0) is 40.0 Å². The zero-order chi connectivity index (χ0) is 15.4. The van der Waals surface area contributed by atoms with Crippen molar-refractivity contribution in [2.45, 2.75) is 57.6 Å². The second kappa shape index (κ2) is 6.24. The monoisotopic (exact) mass is 285 g/mol. The lowest BCUT2D eigenvalue weighted by Crippen LogP contribution is -2.60. The molecule has 0 spiro atoms. The van der Waals surface area contributed by atoms with Crippen LogP contribution in [-0.4, -0.2) is 48.0 Å². The molecule has 0 aromatic rings. The maximum atomic E-state index is 12.3. The predicted molar refractivity (Wildman–Crippen MR) is 72.2 cm³/mol. The molecule has 0 saturated carbocycles. The molecule has 1 aliphatic heterocycles. The Morgan fingerprint density at radius 1 is 1.30 bits per heavy atom. The van der Waals surface area contributed by atoms with Crippen LogP contribution in [0.4, 0.5) is 4.79 Å². The van der Waals surface area contributed by atoms with E-state index in [1.54, 1.807) is 20.8 Å². The number of nitrogens with zero attached hydrogens (tertiary/aromatic N) is 1. The second-order valence-corrected chi connectivity index (χ2v) is 5.98. The van der Waals surface area contributed by atoms with E-state index in [9.17, 15) is 14.4 Å². The van der Waals surface area contributed by atoms with Gasteiger partial charge < -0.3 is 14.3 Å². The average Bonchev–Trinajstić information content (AvgIpc) is 2.36. The lowest BCUT2D eigenvalue weighted by molar-refractivity contribution is -0.158. The normalized spacial score (nSPS) is 23.1. The Bertz CT molecular complexity index is 388. The van der Waals surface area contributed by atoms with E-state index in [0.29, 0.717) is 19.3 Å². The van der Waals surface area contributed by atoms with Crippen molar-refractivity contribution in [2.75, 3.05) is 13.7 Å². The highest BCUT2D eigenvalue weighted by Gasteiger charge is 2.49. The van der Waals surface area contributed by atoms with E-state index in [4.69, 9.17) is 9.47 Å². The zero-order valence-corrected chi connectivity index (χ0v) is 12.6. The number of hydrogen-bond acceptors (Lipinski definition) is 5. The van der Waals surface area contributed by atoms with Crippen molar-refractivity contribution < 1.29 is 23.9 Å². The number of piperidine rings is 1. The molecule has 1 saturated heterocycles. The number of carbonyl (C=O) groups is 3. The third-order valence-corrected chi connectivity index (χ3v) is 3.34. The summed E-state index contributed by atoms with van der Waals surface area (Å²) >= 11 is 0. The molecule has 1 unspecified atom stereocenters. The minimum absolute atomic E-state index is 0.0705. The molecule has 6 nitrogen and oxygen atoms in total. The summed E-state index contributed by atoms with van der Waals surface area (Å²) in [4.78, 5) is 36.7. The molecule has 0 aromatic heterocycles. The van der Waals surface area contributed by atoms with Gasteiger partial charge in [0.25, 0.3) is 0 Å². The van der Waals surface area contributed by atoms with Gasteiger partial charge in [0.15, 0.2) is 0 Å². The largest absolute Gasteiger partial charge is 0.467 e. The van der Waals surface area contributed by atoms with Gasteiger partial charge in [0.05, 0.1) is 7.11 Å². The van der Waals surface area contributed by atoms with Gasteiger partial charge >= 0.3 is 12.1 Å². The summed E-state index contributed by atoms with van der Waals surface area (Å²) in [6.45, 7) is 5.66. The van der Waals surface area contributed by atoms with Crippen LogP contribution in [0, 0.1) is 0 Å².